The van der Waals surface area contributed by atoms with Gasteiger partial charge in [-0.05, 0) is 94.8 Å². The largest absolute Gasteiger partial charge is 0.304 e. The fourth-order valence-electron chi connectivity index (χ4n) is 8.70. The number of aryl methyl sites for hydroxylation is 8. The molecule has 0 fully saturated rings. The van der Waals surface area contributed by atoms with Crippen LogP contribution in [0.3, 0.4) is 0 Å². The predicted octanol–water partition coefficient (Wildman–Crippen LogP) is 6.50. The van der Waals surface area contributed by atoms with Gasteiger partial charge in [0.05, 0.1) is 5.00 Å². The van der Waals surface area contributed by atoms with Gasteiger partial charge in [-0.15, -0.1) is 11.3 Å². The van der Waals surface area contributed by atoms with E-state index in [1.165, 1.54) is 104 Å². The number of hydrogen-bond acceptors (Lipinski definition) is 2. The minimum Gasteiger partial charge on any atom is -0.304 e. The van der Waals surface area contributed by atoms with Crippen LogP contribution in [0.4, 0.5) is 16.4 Å². The topological polar surface area (TPSA) is 3.24 Å². The summed E-state index contributed by atoms with van der Waals surface area (Å²) in [6, 6.07) is 30.7. The fourth-order valence-corrected chi connectivity index (χ4v) is 9.96. The predicted molar refractivity (Wildman–Crippen MR) is 197 cm³/mol. The molecule has 1 aromatic heterocycles. The van der Waals surface area contributed by atoms with Crippen molar-refractivity contribution in [2.24, 2.45) is 0 Å². The molecule has 3 heterocycles. The molecule has 0 spiro atoms. The summed E-state index contributed by atoms with van der Waals surface area (Å²) >= 11 is 1.96. The second kappa shape index (κ2) is 9.74. The van der Waals surface area contributed by atoms with Gasteiger partial charge in [-0.1, -0.05) is 122 Å². The van der Waals surface area contributed by atoms with E-state index in [-0.39, 0.29) is 13.4 Å². The van der Waals surface area contributed by atoms with Crippen LogP contribution < -0.4 is 37.7 Å². The summed E-state index contributed by atoms with van der Waals surface area (Å²) in [4.78, 5) is 2.64. The smallest absolute Gasteiger partial charge is 0.249 e. The van der Waals surface area contributed by atoms with Crippen molar-refractivity contribution in [2.45, 2.75) is 55.4 Å². The quantitative estimate of drug-likeness (QED) is 0.210. The Bertz CT molecular complexity index is 2140. The lowest BCUT2D eigenvalue weighted by Gasteiger charge is -2.43. The van der Waals surface area contributed by atoms with Crippen LogP contribution >= 0.6 is 11.3 Å². The van der Waals surface area contributed by atoms with Gasteiger partial charge in [0, 0.05) is 16.1 Å². The van der Waals surface area contributed by atoms with Gasteiger partial charge in [0.2, 0.25) is 13.4 Å². The second-order valence-corrected chi connectivity index (χ2v) is 14.5. The monoisotopic (exact) mass is 585 g/mol. The molecule has 2 aliphatic rings. The first-order chi connectivity index (χ1) is 21.1. The molecule has 0 unspecified atom stereocenters. The second-order valence-electron chi connectivity index (χ2n) is 13.5. The van der Waals surface area contributed by atoms with Gasteiger partial charge in [0.1, 0.15) is 0 Å². The van der Waals surface area contributed by atoms with E-state index < -0.39 is 0 Å². The van der Waals surface area contributed by atoms with E-state index in [4.69, 9.17) is 0 Å². The van der Waals surface area contributed by atoms with Gasteiger partial charge in [-0.25, -0.2) is 0 Å². The Hall–Kier alpha value is -4.01. The summed E-state index contributed by atoms with van der Waals surface area (Å²) in [5.41, 5.74) is 22.2. The highest BCUT2D eigenvalue weighted by Crippen LogP contribution is 2.44. The van der Waals surface area contributed by atoms with E-state index in [1.54, 1.807) is 0 Å². The number of rotatable bonds is 2. The Morgan fingerprint density at radius 3 is 1.66 bits per heavy atom. The van der Waals surface area contributed by atoms with E-state index >= 15 is 0 Å². The molecule has 44 heavy (non-hydrogen) atoms. The molecular formula is C40H37B2NS. The van der Waals surface area contributed by atoms with Gasteiger partial charge in [-0.2, -0.15) is 0 Å². The summed E-state index contributed by atoms with van der Waals surface area (Å²) in [5, 5.41) is 2.75. The SMILES string of the molecule is Cc1cc(C)c(B2c3cc(C)ccc3N3c4sc5ccccc5c4B(c4c(C)cc(C)cc4C)c4cc(C)cc2c43)c(C)c1. The number of fused-ring (bicyclic) bond motifs is 6. The van der Waals surface area contributed by atoms with E-state index in [0.29, 0.717) is 0 Å². The van der Waals surface area contributed by atoms with Crippen LogP contribution in [-0.2, 0) is 0 Å². The molecule has 5 aromatic carbocycles. The molecule has 214 valence electrons. The third kappa shape index (κ3) is 3.86. The number of benzene rings is 5. The zero-order valence-corrected chi connectivity index (χ0v) is 27.8. The average Bonchev–Trinajstić information content (AvgIpc) is 3.33. The van der Waals surface area contributed by atoms with Gasteiger partial charge in [0.25, 0.3) is 0 Å². The van der Waals surface area contributed by atoms with Crippen LogP contribution in [0, 0.1) is 55.4 Å². The van der Waals surface area contributed by atoms with Crippen molar-refractivity contribution in [3.05, 3.63) is 123 Å². The molecule has 4 heteroatoms. The molecule has 6 aromatic rings. The third-order valence-corrected chi connectivity index (χ3v) is 11.2. The van der Waals surface area contributed by atoms with Crippen LogP contribution in [0.15, 0.2) is 78.9 Å². The molecule has 8 rings (SSSR count). The molecule has 0 saturated heterocycles. The van der Waals surface area contributed by atoms with E-state index in [0.717, 1.165) is 0 Å². The van der Waals surface area contributed by atoms with E-state index in [2.05, 4.69) is 139 Å². The highest BCUT2D eigenvalue weighted by Gasteiger charge is 2.46. The Kier molecular flexibility index (Phi) is 6.10. The standard InChI is InChI=1S/C40H37B2NS/c1-22-13-14-34-31(19-22)41(36-26(5)15-23(2)16-27(36)6)32-20-25(4)21-33-39(32)43(34)40-38(30-11-9-10-12-35(30)44-40)42(33)37-28(7)17-24(3)18-29(37)8/h9-21H,1-8H3. The first-order valence-electron chi connectivity index (χ1n) is 15.8. The number of nitrogens with zero attached hydrogens (tertiary/aromatic N) is 1. The van der Waals surface area contributed by atoms with E-state index in [1.807, 2.05) is 11.3 Å². The summed E-state index contributed by atoms with van der Waals surface area (Å²) in [7, 11) is 0. The van der Waals surface area contributed by atoms with Crippen molar-refractivity contribution in [3.63, 3.8) is 0 Å². The minimum atomic E-state index is 0.166. The molecular weight excluding hydrogens is 548 g/mol. The molecule has 0 aliphatic carbocycles. The molecule has 0 N–H and O–H groups in total. The molecule has 0 radical (unpaired) electrons. The zero-order chi connectivity index (χ0) is 30.6. The summed E-state index contributed by atoms with van der Waals surface area (Å²) in [5.74, 6) is 0. The summed E-state index contributed by atoms with van der Waals surface area (Å²) in [6.07, 6.45) is 0. The normalized spacial score (nSPS) is 13.3. The third-order valence-electron chi connectivity index (χ3n) is 10.1. The van der Waals surface area contributed by atoms with Crippen molar-refractivity contribution in [1.29, 1.82) is 0 Å². The molecule has 2 aliphatic heterocycles. The van der Waals surface area contributed by atoms with Gasteiger partial charge < -0.3 is 4.90 Å². The van der Waals surface area contributed by atoms with Crippen LogP contribution in [-0.4, -0.2) is 13.4 Å². The van der Waals surface area contributed by atoms with Crippen LogP contribution in [0.5, 0.6) is 0 Å². The number of anilines is 3. The van der Waals surface area contributed by atoms with Gasteiger partial charge in [-0.3, -0.25) is 0 Å². The van der Waals surface area contributed by atoms with Gasteiger partial charge >= 0.3 is 0 Å². The Morgan fingerprint density at radius 1 is 0.500 bits per heavy atom. The van der Waals surface area contributed by atoms with Crippen molar-refractivity contribution in [3.8, 4) is 0 Å². The Labute approximate surface area is 266 Å². The van der Waals surface area contributed by atoms with Crippen LogP contribution in [0.2, 0.25) is 0 Å². The summed E-state index contributed by atoms with van der Waals surface area (Å²) < 4.78 is 1.36. The maximum absolute atomic E-state index is 2.64. The summed E-state index contributed by atoms with van der Waals surface area (Å²) in [6.45, 7) is 18.6. The highest BCUT2D eigenvalue weighted by molar-refractivity contribution is 7.26. The molecule has 0 bridgehead atoms. The zero-order valence-electron chi connectivity index (χ0n) is 27.0. The Morgan fingerprint density at radius 2 is 1.02 bits per heavy atom. The van der Waals surface area contributed by atoms with Crippen molar-refractivity contribution >= 4 is 84.0 Å². The molecule has 1 nitrogen and oxygen atoms in total. The fraction of sp³-hybridized carbons (Fsp3) is 0.200. The first-order valence-corrected chi connectivity index (χ1v) is 16.7. The van der Waals surface area contributed by atoms with Gasteiger partial charge in [0.15, 0.2) is 0 Å². The first kappa shape index (κ1) is 27.5. The highest BCUT2D eigenvalue weighted by atomic mass is 32.1. The van der Waals surface area contributed by atoms with Crippen LogP contribution in [0.1, 0.15) is 44.5 Å². The van der Waals surface area contributed by atoms with Crippen molar-refractivity contribution in [2.75, 3.05) is 4.90 Å². The maximum atomic E-state index is 2.64. The van der Waals surface area contributed by atoms with E-state index in [9.17, 15) is 0 Å². The lowest BCUT2D eigenvalue weighted by Crippen LogP contribution is -2.65. The Balaban J connectivity index is 1.55. The minimum absolute atomic E-state index is 0.166. The molecule has 0 atom stereocenters. The number of hydrogen-bond donors (Lipinski definition) is 0. The lowest BCUT2D eigenvalue weighted by atomic mass is 9.29. The van der Waals surface area contributed by atoms with Crippen LogP contribution in [0.25, 0.3) is 10.1 Å². The van der Waals surface area contributed by atoms with Crippen molar-refractivity contribution < 1.29 is 0 Å². The maximum Gasteiger partial charge on any atom is 0.249 e. The average molecular weight is 585 g/mol. The molecule has 0 saturated carbocycles. The number of thiophene rings is 1. The lowest BCUT2D eigenvalue weighted by molar-refractivity contribution is 1.31. The van der Waals surface area contributed by atoms with Crippen molar-refractivity contribution in [1.82, 2.24) is 0 Å². The molecule has 0 amide bonds.